The lowest BCUT2D eigenvalue weighted by Gasteiger charge is -2.15. The van der Waals surface area contributed by atoms with E-state index in [0.29, 0.717) is 6.04 Å². The van der Waals surface area contributed by atoms with Gasteiger partial charge in [0.1, 0.15) is 0 Å². The summed E-state index contributed by atoms with van der Waals surface area (Å²) in [7, 11) is 0. The number of hydrogen-bond donors (Lipinski definition) is 1. The molecule has 0 aliphatic heterocycles. The van der Waals surface area contributed by atoms with Crippen molar-refractivity contribution in [3.8, 4) is 0 Å². The van der Waals surface area contributed by atoms with Gasteiger partial charge in [-0.15, -0.1) is 0 Å². The van der Waals surface area contributed by atoms with Crippen molar-refractivity contribution >= 4 is 5.69 Å². The minimum Gasteiger partial charge on any atom is -0.382 e. The number of aromatic nitrogens is 2. The molecule has 0 saturated heterocycles. The summed E-state index contributed by atoms with van der Waals surface area (Å²) in [6.07, 6.45) is 11.0. The van der Waals surface area contributed by atoms with Crippen molar-refractivity contribution in [1.82, 2.24) is 9.55 Å². The van der Waals surface area contributed by atoms with E-state index in [4.69, 9.17) is 0 Å². The van der Waals surface area contributed by atoms with Crippen molar-refractivity contribution in [2.24, 2.45) is 5.92 Å². The van der Waals surface area contributed by atoms with Crippen molar-refractivity contribution in [3.63, 3.8) is 0 Å². The van der Waals surface area contributed by atoms with Crippen LogP contribution in [0.4, 0.5) is 5.69 Å². The lowest BCUT2D eigenvalue weighted by Crippen LogP contribution is -2.15. The Balaban J connectivity index is 1.62. The van der Waals surface area contributed by atoms with E-state index in [2.05, 4.69) is 46.1 Å². The Kier molecular flexibility index (Phi) is 4.05. The van der Waals surface area contributed by atoms with Crippen molar-refractivity contribution < 1.29 is 0 Å². The number of imidazole rings is 1. The van der Waals surface area contributed by atoms with E-state index in [1.807, 2.05) is 18.7 Å². The molecule has 3 rings (SSSR count). The highest BCUT2D eigenvalue weighted by molar-refractivity contribution is 5.46. The second-order valence-electron chi connectivity index (χ2n) is 5.86. The summed E-state index contributed by atoms with van der Waals surface area (Å²) in [4.78, 5) is 4.09. The number of nitrogens with zero attached hydrogens (tertiary/aromatic N) is 2. The fourth-order valence-corrected chi connectivity index (χ4v) is 3.16. The Bertz CT molecular complexity index is 533. The Morgan fingerprint density at radius 2 is 2.30 bits per heavy atom. The van der Waals surface area contributed by atoms with Crippen molar-refractivity contribution in [3.05, 3.63) is 48.5 Å². The van der Waals surface area contributed by atoms with Crippen LogP contribution in [0.1, 0.15) is 38.2 Å². The third-order valence-corrected chi connectivity index (χ3v) is 4.34. The smallest absolute Gasteiger partial charge is 0.0949 e. The molecule has 0 radical (unpaired) electrons. The molecule has 1 aromatic carbocycles. The highest BCUT2D eigenvalue weighted by Crippen LogP contribution is 2.30. The highest BCUT2D eigenvalue weighted by atomic mass is 15.0. The number of benzene rings is 1. The van der Waals surface area contributed by atoms with Crippen LogP contribution in [-0.4, -0.2) is 15.6 Å². The predicted molar refractivity (Wildman–Crippen MR) is 82.8 cm³/mol. The molecule has 20 heavy (non-hydrogen) atoms. The van der Waals surface area contributed by atoms with E-state index in [1.54, 1.807) is 0 Å². The summed E-state index contributed by atoms with van der Waals surface area (Å²) in [6.45, 7) is 3.19. The summed E-state index contributed by atoms with van der Waals surface area (Å²) in [6, 6.07) is 9.41. The number of hydrogen-bond acceptors (Lipinski definition) is 2. The van der Waals surface area contributed by atoms with Gasteiger partial charge in [-0.3, -0.25) is 0 Å². The summed E-state index contributed by atoms with van der Waals surface area (Å²) in [5.41, 5.74) is 2.57. The molecule has 0 amide bonds. The zero-order valence-corrected chi connectivity index (χ0v) is 12.1. The molecule has 1 heterocycles. The molecule has 1 N–H and O–H groups in total. The highest BCUT2D eigenvalue weighted by Gasteiger charge is 2.22. The fraction of sp³-hybridized carbons (Fsp3) is 0.471. The summed E-state index contributed by atoms with van der Waals surface area (Å²) < 4.78 is 2.10. The van der Waals surface area contributed by atoms with Crippen LogP contribution in [-0.2, 0) is 6.54 Å². The van der Waals surface area contributed by atoms with Gasteiger partial charge in [-0.25, -0.2) is 4.98 Å². The lowest BCUT2D eigenvalue weighted by atomic mass is 10.1. The molecule has 1 aromatic heterocycles. The first-order chi connectivity index (χ1) is 9.83. The van der Waals surface area contributed by atoms with Crippen LogP contribution in [0.2, 0.25) is 0 Å². The largest absolute Gasteiger partial charge is 0.382 e. The van der Waals surface area contributed by atoms with Gasteiger partial charge in [0.05, 0.1) is 6.33 Å². The zero-order chi connectivity index (χ0) is 13.8. The van der Waals surface area contributed by atoms with Gasteiger partial charge in [0.25, 0.3) is 0 Å². The van der Waals surface area contributed by atoms with Gasteiger partial charge in [0, 0.05) is 30.7 Å². The second-order valence-corrected chi connectivity index (χ2v) is 5.86. The third-order valence-electron chi connectivity index (χ3n) is 4.34. The van der Waals surface area contributed by atoms with Crippen LogP contribution >= 0.6 is 0 Å². The van der Waals surface area contributed by atoms with E-state index in [-0.39, 0.29) is 0 Å². The van der Waals surface area contributed by atoms with Crippen LogP contribution in [0.5, 0.6) is 0 Å². The standard InChI is InChI=1S/C17H23N3/c1-2-14-6-7-17(10-14)19-16-5-3-4-15(11-16)12-20-9-8-18-13-20/h3-5,8-9,11,13-14,17,19H,2,6-7,10,12H2,1H3. The maximum Gasteiger partial charge on any atom is 0.0949 e. The maximum atomic E-state index is 4.09. The molecule has 3 heteroatoms. The molecule has 1 aliphatic carbocycles. The van der Waals surface area contributed by atoms with Crippen LogP contribution in [0.25, 0.3) is 0 Å². The van der Waals surface area contributed by atoms with Gasteiger partial charge in [-0.2, -0.15) is 0 Å². The van der Waals surface area contributed by atoms with Gasteiger partial charge < -0.3 is 9.88 Å². The number of anilines is 1. The Morgan fingerprint density at radius 3 is 3.05 bits per heavy atom. The van der Waals surface area contributed by atoms with E-state index in [0.717, 1.165) is 12.5 Å². The monoisotopic (exact) mass is 269 g/mol. The average molecular weight is 269 g/mol. The fourth-order valence-electron chi connectivity index (χ4n) is 3.16. The number of nitrogens with one attached hydrogen (secondary N) is 1. The zero-order valence-electron chi connectivity index (χ0n) is 12.1. The van der Waals surface area contributed by atoms with Crippen molar-refractivity contribution in [2.45, 2.75) is 45.2 Å². The molecular formula is C17H23N3. The molecule has 2 unspecified atom stereocenters. The summed E-state index contributed by atoms with van der Waals surface area (Å²) >= 11 is 0. The Labute approximate surface area is 121 Å². The molecule has 3 nitrogen and oxygen atoms in total. The first kappa shape index (κ1) is 13.2. The molecule has 0 bridgehead atoms. The van der Waals surface area contributed by atoms with Gasteiger partial charge >= 0.3 is 0 Å². The van der Waals surface area contributed by atoms with Crippen molar-refractivity contribution in [1.29, 1.82) is 0 Å². The molecule has 1 aliphatic rings. The lowest BCUT2D eigenvalue weighted by molar-refractivity contribution is 0.525. The van der Waals surface area contributed by atoms with Gasteiger partial charge in [0.15, 0.2) is 0 Å². The Hall–Kier alpha value is -1.77. The molecule has 1 fully saturated rings. The molecular weight excluding hydrogens is 246 g/mol. The molecule has 0 spiro atoms. The summed E-state index contributed by atoms with van der Waals surface area (Å²) in [5, 5.41) is 3.70. The van der Waals surface area contributed by atoms with E-state index in [1.165, 1.54) is 36.9 Å². The van der Waals surface area contributed by atoms with Crippen LogP contribution in [0, 0.1) is 5.92 Å². The average Bonchev–Trinajstić information content (AvgIpc) is 3.11. The van der Waals surface area contributed by atoms with Crippen LogP contribution in [0.15, 0.2) is 43.0 Å². The third kappa shape index (κ3) is 3.21. The SMILES string of the molecule is CCC1CCC(Nc2cccc(Cn3ccnc3)c2)C1. The topological polar surface area (TPSA) is 29.9 Å². The van der Waals surface area contributed by atoms with Gasteiger partial charge in [-0.05, 0) is 42.9 Å². The Morgan fingerprint density at radius 1 is 1.35 bits per heavy atom. The first-order valence-electron chi connectivity index (χ1n) is 7.64. The minimum absolute atomic E-state index is 0.656. The van der Waals surface area contributed by atoms with Crippen molar-refractivity contribution in [2.75, 3.05) is 5.32 Å². The van der Waals surface area contributed by atoms with Gasteiger partial charge in [0.2, 0.25) is 0 Å². The number of rotatable bonds is 5. The quantitative estimate of drug-likeness (QED) is 0.891. The van der Waals surface area contributed by atoms with E-state index in [9.17, 15) is 0 Å². The molecule has 1 saturated carbocycles. The van der Waals surface area contributed by atoms with Gasteiger partial charge in [-0.1, -0.05) is 25.5 Å². The van der Waals surface area contributed by atoms with E-state index < -0.39 is 0 Å². The molecule has 2 aromatic rings. The predicted octanol–water partition coefficient (Wildman–Crippen LogP) is 3.92. The molecule has 2 atom stereocenters. The molecule has 106 valence electrons. The normalized spacial score (nSPS) is 22.1. The minimum atomic E-state index is 0.656. The maximum absolute atomic E-state index is 4.09. The van der Waals surface area contributed by atoms with Crippen LogP contribution in [0.3, 0.4) is 0 Å². The second kappa shape index (κ2) is 6.12. The van der Waals surface area contributed by atoms with E-state index >= 15 is 0 Å². The van der Waals surface area contributed by atoms with Crippen LogP contribution < -0.4 is 5.32 Å². The first-order valence-corrected chi connectivity index (χ1v) is 7.64. The summed E-state index contributed by atoms with van der Waals surface area (Å²) in [5.74, 6) is 0.918.